The molecule has 0 unspecified atom stereocenters. The molecule has 2 aliphatic carbocycles. The molecule has 4 nitrogen and oxygen atoms in total. The molecule has 4 heterocycles. The van der Waals surface area contributed by atoms with Gasteiger partial charge >= 0.3 is 20.1 Å². The van der Waals surface area contributed by atoms with Crippen LogP contribution in [0.3, 0.4) is 0 Å². The zero-order chi connectivity index (χ0) is 61.7. The predicted molar refractivity (Wildman–Crippen MR) is 289 cm³/mol. The molecule has 0 N–H and O–H groups in total. The third kappa shape index (κ3) is 10.5. The summed E-state index contributed by atoms with van der Waals surface area (Å²) in [6, 6.07) is 45.1. The van der Waals surface area contributed by atoms with E-state index in [1.54, 1.807) is 103 Å². The van der Waals surface area contributed by atoms with Crippen molar-refractivity contribution in [3.8, 4) is 44.9 Å². The normalized spacial score (nSPS) is 19.1. The Morgan fingerprint density at radius 2 is 1.07 bits per heavy atom. The van der Waals surface area contributed by atoms with Crippen molar-refractivity contribution in [2.45, 2.75) is 101 Å². The van der Waals surface area contributed by atoms with Gasteiger partial charge in [0.2, 0.25) is 0 Å². The van der Waals surface area contributed by atoms with Crippen LogP contribution in [0.1, 0.15) is 128 Å². The monoisotopic (exact) mass is 1150 g/mol. The first-order valence-corrected chi connectivity index (χ1v) is 24.4. The quantitative estimate of drug-likeness (QED) is 0.0960. The van der Waals surface area contributed by atoms with Gasteiger partial charge < -0.3 is 19.4 Å². The molecule has 0 saturated heterocycles. The smallest absolute Gasteiger partial charge is 0.500 e. The summed E-state index contributed by atoms with van der Waals surface area (Å²) in [6.45, 7) is 0. The number of hydrogen-bond donors (Lipinski definition) is 0. The fraction of sp³-hybridized carbons (Fsp3) is 0.239. The predicted octanol–water partition coefficient (Wildman–Crippen LogP) is 16.6. The molecule has 12 rings (SSSR count). The van der Waals surface area contributed by atoms with Crippen LogP contribution in [-0.2, 0) is 58.3 Å². The van der Waals surface area contributed by atoms with E-state index in [1.165, 1.54) is 30.6 Å². The van der Waals surface area contributed by atoms with Crippen LogP contribution < -0.4 is 0 Å². The Morgan fingerprint density at radius 1 is 0.534 bits per heavy atom. The molecule has 0 radical (unpaired) electrons. The van der Waals surface area contributed by atoms with Gasteiger partial charge in [-0.25, -0.2) is 4.39 Å². The minimum Gasteiger partial charge on any atom is -0.500 e. The van der Waals surface area contributed by atoms with Crippen LogP contribution in [0.15, 0.2) is 169 Å². The molecule has 4 aromatic heterocycles. The van der Waals surface area contributed by atoms with Crippen LogP contribution in [0.5, 0.6) is 0 Å². The van der Waals surface area contributed by atoms with Crippen LogP contribution in [0, 0.1) is 24.0 Å². The number of hydrogen-bond acceptors (Lipinski definition) is 4. The van der Waals surface area contributed by atoms with Crippen molar-refractivity contribution < 1.29 is 49.5 Å². The summed E-state index contributed by atoms with van der Waals surface area (Å²) in [5, 5.41) is 0.979. The molecule has 362 valence electrons. The van der Waals surface area contributed by atoms with Gasteiger partial charge in [0.15, 0.2) is 0 Å². The van der Waals surface area contributed by atoms with Crippen molar-refractivity contribution in [2.75, 3.05) is 0 Å². The first kappa shape index (κ1) is 33.8. The molecule has 0 amide bonds. The standard InChI is InChI=1S/C67H57FN3O.Ir/c68-61-35-34-57-56-25-14-26-58(66(56)72-67(57)65(61)53-23-8-3-9-24-53)62-36-31-45(42-69-62)27-28-46-37-47(29-32-54-43-70-63(51-19-4-1-5-20-51)40-59(54)49-15-10-11-16-49)39-48(38-46)30-33-55-44-71-64(52-21-6-2-7-22-52)41-60(55)50-17-12-13-18-50;/h1-9,14,19,21,23-25,31,34-44,49-50H,10-13,15-18,27-30,32-33H2;/q-3;+3/i27D2,28D2,29D2,30D2,32D2,33D2,35D,49D,50D;. The van der Waals surface area contributed by atoms with Gasteiger partial charge in [-0.15, -0.1) is 90.0 Å². The fourth-order valence-electron chi connectivity index (χ4n) is 9.89. The Morgan fingerprint density at radius 3 is 1.62 bits per heavy atom. The van der Waals surface area contributed by atoms with Crippen LogP contribution in [0.25, 0.3) is 66.8 Å². The van der Waals surface area contributed by atoms with E-state index >= 15 is 4.39 Å². The maximum Gasteiger partial charge on any atom is 3.00 e. The molecule has 10 aromatic rings. The number of aryl methyl sites for hydroxylation is 6. The number of furan rings is 1. The summed E-state index contributed by atoms with van der Waals surface area (Å²) in [5.41, 5.74) is 0.859. The zero-order valence-corrected chi connectivity index (χ0v) is 42.0. The van der Waals surface area contributed by atoms with E-state index in [1.807, 2.05) is 0 Å². The average Bonchev–Trinajstić information content (AvgIpc) is 0.893. The minimum atomic E-state index is -3.27. The second-order valence-corrected chi connectivity index (χ2v) is 18.2. The molecule has 0 bridgehead atoms. The maximum atomic E-state index is 15.8. The van der Waals surface area contributed by atoms with Crippen molar-refractivity contribution >= 4 is 21.9 Å². The fourth-order valence-corrected chi connectivity index (χ4v) is 9.89. The van der Waals surface area contributed by atoms with Gasteiger partial charge in [0, 0.05) is 43.2 Å². The average molecular weight is 1150 g/mol. The van der Waals surface area contributed by atoms with Crippen LogP contribution in [0.2, 0.25) is 0 Å². The van der Waals surface area contributed by atoms with E-state index in [9.17, 15) is 19.2 Å². The number of aromatic nitrogens is 3. The molecule has 6 heteroatoms. The van der Waals surface area contributed by atoms with Gasteiger partial charge in [0.1, 0.15) is 11.4 Å². The van der Waals surface area contributed by atoms with E-state index in [-0.39, 0.29) is 76.4 Å². The molecular weight excluding hydrogens is 1070 g/mol. The molecule has 0 atom stereocenters. The number of fused-ring (bicyclic) bond motifs is 3. The summed E-state index contributed by atoms with van der Waals surface area (Å²) < 4.78 is 168. The van der Waals surface area contributed by atoms with Gasteiger partial charge in [-0.3, -0.25) is 0 Å². The van der Waals surface area contributed by atoms with Crippen molar-refractivity contribution in [2.24, 2.45) is 0 Å². The van der Waals surface area contributed by atoms with Gasteiger partial charge in [-0.1, -0.05) is 109 Å². The molecule has 6 aromatic carbocycles. The molecule has 2 saturated carbocycles. The van der Waals surface area contributed by atoms with Crippen molar-refractivity contribution in [1.82, 2.24) is 15.0 Å². The summed E-state index contributed by atoms with van der Waals surface area (Å²) in [6.07, 6.45) is -11.7. The molecule has 2 aliphatic rings. The number of benzene rings is 6. The van der Waals surface area contributed by atoms with Crippen LogP contribution in [-0.4, -0.2) is 15.0 Å². The van der Waals surface area contributed by atoms with E-state index in [0.717, 1.165) is 24.4 Å². The maximum absolute atomic E-state index is 15.8. The third-order valence-electron chi connectivity index (χ3n) is 13.5. The van der Waals surface area contributed by atoms with E-state index in [0.29, 0.717) is 95.8 Å². The zero-order valence-electron chi connectivity index (χ0n) is 54.6. The molecule has 0 aliphatic heterocycles. The second-order valence-electron chi connectivity index (χ2n) is 18.2. The molecule has 2 fully saturated rings. The Hall–Kier alpha value is -6.85. The number of halogens is 1. The Bertz CT molecular complexity index is 4100. The molecule has 73 heavy (non-hydrogen) atoms. The molecule has 0 spiro atoms. The van der Waals surface area contributed by atoms with Crippen LogP contribution in [0.4, 0.5) is 4.39 Å². The second kappa shape index (κ2) is 22.1. The number of nitrogens with zero attached hydrogens (tertiary/aromatic N) is 3. The summed E-state index contributed by atoms with van der Waals surface area (Å²) in [5.74, 6) is -3.52. The first-order chi connectivity index (χ1) is 41.2. The summed E-state index contributed by atoms with van der Waals surface area (Å²) in [7, 11) is 0. The minimum absolute atomic E-state index is 0. The van der Waals surface area contributed by atoms with Gasteiger partial charge in [0.25, 0.3) is 0 Å². The summed E-state index contributed by atoms with van der Waals surface area (Å²) in [4.78, 5) is 13.7. The largest absolute Gasteiger partial charge is 3.00 e. The third-order valence-corrected chi connectivity index (χ3v) is 13.5. The number of rotatable bonds is 15. The van der Waals surface area contributed by atoms with Gasteiger partial charge in [0.05, 0.1) is 12.5 Å². The van der Waals surface area contributed by atoms with E-state index in [4.69, 9.17) is 5.79 Å². The SMILES string of the molecule is [2H]c1cc2c(oc3c(-c4ccc(C([2H])([2H])C([2H])([2H])c5cc(C([2H])([2H])C([2H])([2H])c6cnc(-c7[c-]cccc7)cc6C6([2H])CCCC6)cc(C([2H])([2H])C([2H])([2H])c6cnc(-c7[c-]cccc7)cc6C6([2H])CCCC6)c5)cn4)[c-]ccc32)c(-c2ccccc2)c1F.[Ir+3]. The van der Waals surface area contributed by atoms with E-state index < -0.39 is 72.5 Å². The Balaban J connectivity index is 0.00000800. The van der Waals surface area contributed by atoms with Crippen LogP contribution >= 0.6 is 0 Å². The van der Waals surface area contributed by atoms with Gasteiger partial charge in [-0.2, -0.15) is 0 Å². The summed E-state index contributed by atoms with van der Waals surface area (Å²) >= 11 is 0. The topological polar surface area (TPSA) is 51.8 Å². The molecular formula is C67H57FIrN3O. The van der Waals surface area contributed by atoms with Gasteiger partial charge in [-0.05, 0) is 155 Å². The first-order valence-electron chi connectivity index (χ1n) is 31.9. The Labute approximate surface area is 463 Å². The van der Waals surface area contributed by atoms with Crippen molar-refractivity contribution in [1.29, 1.82) is 0 Å². The van der Waals surface area contributed by atoms with Crippen molar-refractivity contribution in [3.63, 3.8) is 0 Å². The Kier molecular flexibility index (Phi) is 10.2. The number of pyridine rings is 3. The van der Waals surface area contributed by atoms with Crippen molar-refractivity contribution in [3.05, 3.63) is 233 Å². The van der Waals surface area contributed by atoms with E-state index in [2.05, 4.69) is 33.2 Å².